The molecule has 0 unspecified atom stereocenters. The zero-order chi connectivity index (χ0) is 20.3. The second kappa shape index (κ2) is 8.48. The molecule has 2 amide bonds. The number of fused-ring (bicyclic) bond motifs is 1. The number of thiophene rings is 1. The summed E-state index contributed by atoms with van der Waals surface area (Å²) >= 11 is 13.2. The molecule has 0 aliphatic carbocycles. The predicted molar refractivity (Wildman–Crippen MR) is 111 cm³/mol. The fraction of sp³-hybridized carbons (Fsp3) is 0.111. The van der Waals surface area contributed by atoms with Crippen molar-refractivity contribution < 1.29 is 18.0 Å². The summed E-state index contributed by atoms with van der Waals surface area (Å²) in [6.07, 6.45) is -0.314. The molecule has 2 N–H and O–H groups in total. The quantitative estimate of drug-likeness (QED) is 0.570. The summed E-state index contributed by atoms with van der Waals surface area (Å²) in [4.78, 5) is 24.5. The van der Waals surface area contributed by atoms with Crippen LogP contribution in [0.1, 0.15) is 16.1 Å². The minimum atomic E-state index is -3.64. The van der Waals surface area contributed by atoms with Gasteiger partial charge in [0, 0.05) is 21.5 Å². The fourth-order valence-corrected chi connectivity index (χ4v) is 5.17. The SMILES string of the molecule is O=C(CCS(=O)(=O)c1ccc(Cl)cc1)NNC(=O)c1sc2ccccc2c1Cl. The van der Waals surface area contributed by atoms with Crippen molar-refractivity contribution in [3.05, 3.63) is 63.5 Å². The number of hydrogen-bond donors (Lipinski definition) is 2. The first-order chi connectivity index (χ1) is 13.3. The van der Waals surface area contributed by atoms with Crippen molar-refractivity contribution in [1.29, 1.82) is 0 Å². The van der Waals surface area contributed by atoms with E-state index in [0.717, 1.165) is 10.1 Å². The number of carbonyl (C=O) groups is 2. The highest BCUT2D eigenvalue weighted by atomic mass is 35.5. The molecule has 28 heavy (non-hydrogen) atoms. The van der Waals surface area contributed by atoms with Crippen LogP contribution in [0.5, 0.6) is 0 Å². The van der Waals surface area contributed by atoms with E-state index in [-0.39, 0.29) is 16.2 Å². The van der Waals surface area contributed by atoms with Gasteiger partial charge >= 0.3 is 0 Å². The average molecular weight is 457 g/mol. The molecule has 0 aliphatic heterocycles. The Morgan fingerprint density at radius 3 is 2.32 bits per heavy atom. The highest BCUT2D eigenvalue weighted by Gasteiger charge is 2.19. The standard InChI is InChI=1S/C18H14Cl2N2O4S2/c19-11-5-7-12(8-6-11)28(25,26)10-9-15(23)21-22-18(24)17-16(20)13-3-1-2-4-14(13)27-17/h1-8H,9-10H2,(H,21,23)(H,22,24). The minimum absolute atomic E-state index is 0.0748. The van der Waals surface area contributed by atoms with Crippen LogP contribution in [-0.2, 0) is 14.6 Å². The molecule has 146 valence electrons. The van der Waals surface area contributed by atoms with Crippen molar-refractivity contribution in [2.45, 2.75) is 11.3 Å². The second-order valence-corrected chi connectivity index (χ2v) is 9.74. The largest absolute Gasteiger partial charge is 0.281 e. The number of sulfone groups is 1. The Labute approximate surface area is 175 Å². The van der Waals surface area contributed by atoms with Crippen molar-refractivity contribution in [3.63, 3.8) is 0 Å². The topological polar surface area (TPSA) is 92.3 Å². The zero-order valence-electron chi connectivity index (χ0n) is 14.2. The molecule has 3 aromatic rings. The lowest BCUT2D eigenvalue weighted by molar-refractivity contribution is -0.121. The molecule has 3 rings (SSSR count). The van der Waals surface area contributed by atoms with E-state index in [1.165, 1.54) is 35.6 Å². The third kappa shape index (κ3) is 4.64. The summed E-state index contributed by atoms with van der Waals surface area (Å²) in [5.74, 6) is -1.61. The molecule has 2 aromatic carbocycles. The van der Waals surface area contributed by atoms with Gasteiger partial charge in [0.05, 0.1) is 15.7 Å². The molecule has 0 spiro atoms. The van der Waals surface area contributed by atoms with Crippen molar-refractivity contribution in [2.75, 3.05) is 5.75 Å². The second-order valence-electron chi connectivity index (χ2n) is 5.77. The first-order valence-electron chi connectivity index (χ1n) is 8.02. The third-order valence-corrected chi connectivity index (χ3v) is 7.49. The Kier molecular flexibility index (Phi) is 6.24. The van der Waals surface area contributed by atoms with E-state index < -0.39 is 27.4 Å². The van der Waals surface area contributed by atoms with Gasteiger partial charge in [-0.3, -0.25) is 20.4 Å². The van der Waals surface area contributed by atoms with Crippen molar-refractivity contribution in [3.8, 4) is 0 Å². The number of halogens is 2. The van der Waals surface area contributed by atoms with Gasteiger partial charge in [0.25, 0.3) is 5.91 Å². The van der Waals surface area contributed by atoms with Gasteiger partial charge in [-0.25, -0.2) is 8.42 Å². The molecular formula is C18H14Cl2N2O4S2. The zero-order valence-corrected chi connectivity index (χ0v) is 17.4. The normalized spacial score (nSPS) is 11.4. The predicted octanol–water partition coefficient (Wildman–Crippen LogP) is 3.83. The minimum Gasteiger partial charge on any atom is -0.273 e. The molecule has 0 aliphatic rings. The number of hydrazine groups is 1. The molecule has 1 aromatic heterocycles. The maximum absolute atomic E-state index is 12.3. The van der Waals surface area contributed by atoms with Gasteiger partial charge in [-0.05, 0) is 30.3 Å². The van der Waals surface area contributed by atoms with E-state index in [4.69, 9.17) is 23.2 Å². The van der Waals surface area contributed by atoms with Crippen LogP contribution in [0.15, 0.2) is 53.4 Å². The van der Waals surface area contributed by atoms with Gasteiger partial charge in [-0.2, -0.15) is 0 Å². The average Bonchev–Trinajstić information content (AvgIpc) is 3.02. The van der Waals surface area contributed by atoms with Gasteiger partial charge in [0.15, 0.2) is 9.84 Å². The molecule has 0 saturated heterocycles. The molecule has 0 saturated carbocycles. The lowest BCUT2D eigenvalue weighted by Gasteiger charge is -2.07. The van der Waals surface area contributed by atoms with Crippen molar-refractivity contribution in [2.24, 2.45) is 0 Å². The Morgan fingerprint density at radius 1 is 0.964 bits per heavy atom. The Hall–Kier alpha value is -2.13. The summed E-state index contributed by atoms with van der Waals surface area (Å²) < 4.78 is 25.3. The van der Waals surface area contributed by atoms with E-state index in [0.29, 0.717) is 10.0 Å². The lowest BCUT2D eigenvalue weighted by Crippen LogP contribution is -2.42. The molecule has 0 bridgehead atoms. The van der Waals surface area contributed by atoms with Gasteiger partial charge in [-0.15, -0.1) is 11.3 Å². The van der Waals surface area contributed by atoms with E-state index in [1.807, 2.05) is 18.2 Å². The number of benzene rings is 2. The maximum atomic E-state index is 12.3. The number of rotatable bonds is 5. The highest BCUT2D eigenvalue weighted by molar-refractivity contribution is 7.91. The lowest BCUT2D eigenvalue weighted by atomic mass is 10.2. The van der Waals surface area contributed by atoms with Gasteiger partial charge in [-0.1, -0.05) is 41.4 Å². The maximum Gasteiger partial charge on any atom is 0.281 e. The van der Waals surface area contributed by atoms with E-state index in [1.54, 1.807) is 6.07 Å². The Morgan fingerprint density at radius 2 is 1.64 bits per heavy atom. The number of amides is 2. The molecule has 1 heterocycles. The summed E-state index contributed by atoms with van der Waals surface area (Å²) in [5, 5.41) is 1.47. The van der Waals surface area contributed by atoms with Crippen LogP contribution in [0.3, 0.4) is 0 Å². The third-order valence-electron chi connectivity index (χ3n) is 3.83. The first kappa shape index (κ1) is 20.6. The van der Waals surface area contributed by atoms with Gasteiger partial charge in [0.2, 0.25) is 5.91 Å². The summed E-state index contributed by atoms with van der Waals surface area (Å²) in [6, 6.07) is 13.0. The van der Waals surface area contributed by atoms with Gasteiger partial charge in [0.1, 0.15) is 4.88 Å². The molecule has 0 atom stereocenters. The Bertz CT molecular complexity index is 1140. The Balaban J connectivity index is 1.57. The summed E-state index contributed by atoms with van der Waals surface area (Å²) in [5.41, 5.74) is 4.47. The molecule has 6 nitrogen and oxygen atoms in total. The van der Waals surface area contributed by atoms with Crippen LogP contribution < -0.4 is 10.9 Å². The summed E-state index contributed by atoms with van der Waals surface area (Å²) in [6.45, 7) is 0. The molecule has 0 fully saturated rings. The van der Waals surface area contributed by atoms with Crippen LogP contribution in [0.2, 0.25) is 10.0 Å². The smallest absolute Gasteiger partial charge is 0.273 e. The van der Waals surface area contributed by atoms with Crippen LogP contribution in [0.25, 0.3) is 10.1 Å². The van der Waals surface area contributed by atoms with Crippen molar-refractivity contribution in [1.82, 2.24) is 10.9 Å². The fourth-order valence-electron chi connectivity index (χ4n) is 2.39. The van der Waals surface area contributed by atoms with E-state index in [2.05, 4.69) is 10.9 Å². The number of carbonyl (C=O) groups excluding carboxylic acids is 2. The molecule has 10 heteroatoms. The van der Waals surface area contributed by atoms with E-state index >= 15 is 0 Å². The summed E-state index contributed by atoms with van der Waals surface area (Å²) in [7, 11) is -3.64. The molecule has 0 radical (unpaired) electrons. The van der Waals surface area contributed by atoms with Crippen LogP contribution in [-0.4, -0.2) is 26.0 Å². The number of hydrogen-bond acceptors (Lipinski definition) is 5. The number of nitrogens with one attached hydrogen (secondary N) is 2. The van der Waals surface area contributed by atoms with Crippen LogP contribution >= 0.6 is 34.5 Å². The monoisotopic (exact) mass is 456 g/mol. The van der Waals surface area contributed by atoms with Crippen LogP contribution in [0, 0.1) is 0 Å². The molecular weight excluding hydrogens is 443 g/mol. The van der Waals surface area contributed by atoms with E-state index in [9.17, 15) is 18.0 Å². The van der Waals surface area contributed by atoms with Crippen LogP contribution in [0.4, 0.5) is 0 Å². The first-order valence-corrected chi connectivity index (χ1v) is 11.2. The highest BCUT2D eigenvalue weighted by Crippen LogP contribution is 2.34. The van der Waals surface area contributed by atoms with Gasteiger partial charge < -0.3 is 0 Å². The van der Waals surface area contributed by atoms with Crippen molar-refractivity contribution >= 4 is 66.3 Å².